The molecule has 2 aromatic carbocycles. The van der Waals surface area contributed by atoms with E-state index in [1.807, 2.05) is 21.8 Å². The van der Waals surface area contributed by atoms with E-state index in [0.29, 0.717) is 0 Å². The summed E-state index contributed by atoms with van der Waals surface area (Å²) in [5.74, 6) is 0. The van der Waals surface area contributed by atoms with E-state index in [9.17, 15) is 0 Å². The summed E-state index contributed by atoms with van der Waals surface area (Å²) in [5.41, 5.74) is 7.02. The molecule has 5 heterocycles. The van der Waals surface area contributed by atoms with Crippen LogP contribution in [0.15, 0.2) is 73.1 Å². The van der Waals surface area contributed by atoms with Crippen molar-refractivity contribution in [3.05, 3.63) is 84.4 Å². The van der Waals surface area contributed by atoms with Gasteiger partial charge in [-0.1, -0.05) is 64.1 Å². The van der Waals surface area contributed by atoms with Crippen LogP contribution in [-0.2, 0) is 31.9 Å². The van der Waals surface area contributed by atoms with Gasteiger partial charge < -0.3 is 9.97 Å². The molecule has 6 aromatic rings. The van der Waals surface area contributed by atoms with Crippen molar-refractivity contribution >= 4 is 21.8 Å². The Morgan fingerprint density at radius 1 is 0.629 bits per heavy atom. The van der Waals surface area contributed by atoms with E-state index in [-0.39, 0.29) is 31.9 Å². The third kappa shape index (κ3) is 2.99. The number of aromatic nitrogens is 6. The first-order valence-electron chi connectivity index (χ1n) is 11.6. The Morgan fingerprint density at radius 2 is 1.06 bits per heavy atom. The quantitative estimate of drug-likeness (QED) is 0.220. The van der Waals surface area contributed by atoms with Crippen LogP contribution >= 0.6 is 0 Å². The summed E-state index contributed by atoms with van der Waals surface area (Å²) in [5, 5.41) is 12.3. The molecule has 0 fully saturated rings. The average Bonchev–Trinajstić information content (AvgIpc) is 3.61. The standard InChI is InChI=1S/C28H24N6.Pt/c1-27(2)23-11-13-33(31-23)21-9-5-7-17-15-19(29-25(17)21)20-16-18-8-6-10-22(26(18)30-20)34-14-12-24(32-34)28(27,3)4;/h5-16H,1-4H3;/q-2;+2. The van der Waals surface area contributed by atoms with Gasteiger partial charge >= 0.3 is 21.1 Å². The maximum absolute atomic E-state index is 5.05. The van der Waals surface area contributed by atoms with Crippen molar-refractivity contribution < 1.29 is 21.1 Å². The number of hydrogen-bond acceptors (Lipinski definition) is 2. The van der Waals surface area contributed by atoms with Crippen LogP contribution in [0.5, 0.6) is 0 Å². The summed E-state index contributed by atoms with van der Waals surface area (Å²) in [6.07, 6.45) is 4.07. The second-order valence-corrected chi connectivity index (χ2v) is 10.3. The van der Waals surface area contributed by atoms with Gasteiger partial charge in [0.1, 0.15) is 0 Å². The van der Waals surface area contributed by atoms with Crippen molar-refractivity contribution in [3.63, 3.8) is 0 Å². The van der Waals surface area contributed by atoms with Gasteiger partial charge in [0.2, 0.25) is 0 Å². The maximum atomic E-state index is 5.05. The third-order valence-corrected chi connectivity index (χ3v) is 7.92. The van der Waals surface area contributed by atoms with E-state index in [2.05, 4.69) is 88.4 Å². The molecule has 8 bridgehead atoms. The van der Waals surface area contributed by atoms with Crippen LogP contribution in [0.1, 0.15) is 39.1 Å². The number of benzene rings is 2. The first-order chi connectivity index (χ1) is 16.3. The summed E-state index contributed by atoms with van der Waals surface area (Å²) in [6.45, 7) is 8.97. The van der Waals surface area contributed by atoms with Gasteiger partial charge in [-0.05, 0) is 35.0 Å². The smallest absolute Gasteiger partial charge is 0.657 e. The fourth-order valence-electron chi connectivity index (χ4n) is 5.03. The van der Waals surface area contributed by atoms with E-state index in [1.54, 1.807) is 0 Å². The number of nitrogens with zero attached hydrogens (tertiary/aromatic N) is 6. The molecule has 6 nitrogen and oxygen atoms in total. The molecule has 176 valence electrons. The topological polar surface area (TPSA) is 63.8 Å². The third-order valence-electron chi connectivity index (χ3n) is 7.92. The summed E-state index contributed by atoms with van der Waals surface area (Å²) in [6, 6.07) is 20.9. The molecular formula is C28H24N6Pt. The molecular weight excluding hydrogens is 615 g/mol. The van der Waals surface area contributed by atoms with Crippen molar-refractivity contribution in [1.82, 2.24) is 29.5 Å². The molecule has 35 heavy (non-hydrogen) atoms. The Hall–Kier alpha value is -3.37. The Balaban J connectivity index is 0.00000229. The van der Waals surface area contributed by atoms with Crippen molar-refractivity contribution in [1.29, 1.82) is 0 Å². The van der Waals surface area contributed by atoms with E-state index < -0.39 is 0 Å². The normalized spacial score (nSPS) is 15.7. The molecule has 7 heteroatoms. The summed E-state index contributed by atoms with van der Waals surface area (Å²) >= 11 is 0. The first kappa shape index (κ1) is 22.1. The van der Waals surface area contributed by atoms with Crippen LogP contribution in [0.4, 0.5) is 0 Å². The molecule has 0 radical (unpaired) electrons. The fraction of sp³-hybridized carbons (Fsp3) is 0.214. The molecule has 0 atom stereocenters. The molecule has 7 rings (SSSR count). The minimum Gasteiger partial charge on any atom is -0.657 e. The molecule has 0 saturated heterocycles. The molecule has 0 aliphatic carbocycles. The van der Waals surface area contributed by atoms with Crippen LogP contribution in [0, 0.1) is 0 Å². The molecule has 1 aliphatic heterocycles. The predicted molar refractivity (Wildman–Crippen MR) is 134 cm³/mol. The number of para-hydroxylation sites is 2. The Labute approximate surface area is 217 Å². The average molecular weight is 640 g/mol. The van der Waals surface area contributed by atoms with Gasteiger partial charge in [0.25, 0.3) is 0 Å². The Morgan fingerprint density at radius 3 is 1.49 bits per heavy atom. The SMILES string of the molecule is CC1(C)c2ccn(n2)-c2cccc3cc([n-]c23)-c2cc3cccc(c3[n-]2)-n2ccc(n2)C1(C)C.[Pt+2]. The first-order valence-corrected chi connectivity index (χ1v) is 11.6. The van der Waals surface area contributed by atoms with E-state index >= 15 is 0 Å². The number of fused-ring (bicyclic) bond motifs is 9. The van der Waals surface area contributed by atoms with Crippen LogP contribution in [0.25, 0.3) is 44.6 Å². The van der Waals surface area contributed by atoms with Crippen molar-refractivity contribution in [2.24, 2.45) is 0 Å². The van der Waals surface area contributed by atoms with Crippen LogP contribution < -0.4 is 9.97 Å². The summed E-state index contributed by atoms with van der Waals surface area (Å²) in [7, 11) is 0. The molecule has 0 spiro atoms. The van der Waals surface area contributed by atoms with E-state index in [1.165, 1.54) is 0 Å². The maximum Gasteiger partial charge on any atom is 2.00 e. The van der Waals surface area contributed by atoms with Gasteiger partial charge in [-0.25, -0.2) is 9.36 Å². The molecule has 0 saturated carbocycles. The van der Waals surface area contributed by atoms with Crippen molar-refractivity contribution in [2.45, 2.75) is 38.5 Å². The van der Waals surface area contributed by atoms with Crippen LogP contribution in [-0.4, -0.2) is 19.6 Å². The van der Waals surface area contributed by atoms with Gasteiger partial charge in [-0.3, -0.25) is 0 Å². The van der Waals surface area contributed by atoms with Gasteiger partial charge in [-0.15, -0.1) is 11.0 Å². The van der Waals surface area contributed by atoms with Crippen LogP contribution in [0.2, 0.25) is 0 Å². The Kier molecular flexibility index (Phi) is 4.62. The predicted octanol–water partition coefficient (Wildman–Crippen LogP) is 5.51. The molecule has 1 aliphatic rings. The second kappa shape index (κ2) is 7.31. The largest absolute Gasteiger partial charge is 2.00 e. The van der Waals surface area contributed by atoms with Gasteiger partial charge in [0.15, 0.2) is 0 Å². The summed E-state index contributed by atoms with van der Waals surface area (Å²) in [4.78, 5) is 10.0. The minimum absolute atomic E-state index is 0. The Bertz CT molecular complexity index is 1600. The van der Waals surface area contributed by atoms with E-state index in [0.717, 1.165) is 56.0 Å². The molecule has 0 amide bonds. The van der Waals surface area contributed by atoms with Crippen molar-refractivity contribution in [3.8, 4) is 22.8 Å². The fourth-order valence-corrected chi connectivity index (χ4v) is 5.03. The second-order valence-electron chi connectivity index (χ2n) is 10.3. The van der Waals surface area contributed by atoms with Gasteiger partial charge in [0, 0.05) is 23.2 Å². The molecule has 4 aromatic heterocycles. The molecule has 0 unspecified atom stereocenters. The zero-order valence-corrected chi connectivity index (χ0v) is 22.2. The van der Waals surface area contributed by atoms with Crippen molar-refractivity contribution in [2.75, 3.05) is 0 Å². The zero-order chi connectivity index (χ0) is 23.2. The van der Waals surface area contributed by atoms with Gasteiger partial charge in [-0.2, -0.15) is 21.6 Å². The van der Waals surface area contributed by atoms with E-state index in [4.69, 9.17) is 20.2 Å². The molecule has 0 N–H and O–H groups in total. The summed E-state index contributed by atoms with van der Waals surface area (Å²) < 4.78 is 3.90. The zero-order valence-electron chi connectivity index (χ0n) is 19.9. The number of hydrogen-bond donors (Lipinski definition) is 0. The minimum atomic E-state index is -0.273. The van der Waals surface area contributed by atoms with Gasteiger partial charge in [0.05, 0.1) is 22.8 Å². The van der Waals surface area contributed by atoms with Crippen LogP contribution in [0.3, 0.4) is 0 Å². The number of rotatable bonds is 0. The monoisotopic (exact) mass is 639 g/mol.